The van der Waals surface area contributed by atoms with E-state index < -0.39 is 0 Å². The van der Waals surface area contributed by atoms with Crippen LogP contribution in [0.2, 0.25) is 0 Å². The Morgan fingerprint density at radius 2 is 2.08 bits per heavy atom. The molecule has 136 valence electrons. The van der Waals surface area contributed by atoms with Gasteiger partial charge in [-0.2, -0.15) is 0 Å². The quantitative estimate of drug-likeness (QED) is 0.383. The molecule has 5 nitrogen and oxygen atoms in total. The molecule has 0 spiro atoms. The van der Waals surface area contributed by atoms with Crippen molar-refractivity contribution in [2.45, 2.75) is 19.3 Å². The van der Waals surface area contributed by atoms with Gasteiger partial charge in [0.25, 0.3) is 0 Å². The van der Waals surface area contributed by atoms with Crippen LogP contribution in [0, 0.1) is 0 Å². The van der Waals surface area contributed by atoms with Crippen LogP contribution in [0.4, 0.5) is 0 Å². The van der Waals surface area contributed by atoms with E-state index in [0.29, 0.717) is 12.7 Å². The Balaban J connectivity index is 0.00000225. The summed E-state index contributed by atoms with van der Waals surface area (Å²) in [6, 6.07) is 10.3. The highest BCUT2D eigenvalue weighted by molar-refractivity contribution is 14.0. The number of ether oxygens (including phenoxy) is 2. The molecule has 25 heavy (non-hydrogen) atoms. The van der Waals surface area contributed by atoms with E-state index in [1.807, 2.05) is 12.1 Å². The molecular formula is C18H24IN3O2S. The SMILES string of the molecule is CN=C(NCCc1ccc2c(c1)OCO2)NCC(C)c1cccs1.I. The van der Waals surface area contributed by atoms with Crippen LogP contribution in [0.5, 0.6) is 11.5 Å². The lowest BCUT2D eigenvalue weighted by atomic mass is 10.1. The second-order valence-electron chi connectivity index (χ2n) is 5.73. The van der Waals surface area contributed by atoms with Gasteiger partial charge < -0.3 is 20.1 Å². The molecular weight excluding hydrogens is 449 g/mol. The van der Waals surface area contributed by atoms with Crippen molar-refractivity contribution in [2.75, 3.05) is 26.9 Å². The molecule has 1 aliphatic rings. The molecule has 2 heterocycles. The maximum atomic E-state index is 5.41. The Bertz CT molecular complexity index is 692. The van der Waals surface area contributed by atoms with E-state index in [-0.39, 0.29) is 24.0 Å². The Kier molecular flexibility index (Phi) is 7.83. The number of nitrogens with one attached hydrogen (secondary N) is 2. The van der Waals surface area contributed by atoms with Crippen molar-refractivity contribution in [1.82, 2.24) is 10.6 Å². The number of rotatable bonds is 6. The maximum absolute atomic E-state index is 5.41. The van der Waals surface area contributed by atoms with Gasteiger partial charge in [-0.1, -0.05) is 19.1 Å². The van der Waals surface area contributed by atoms with Gasteiger partial charge in [0.05, 0.1) is 0 Å². The van der Waals surface area contributed by atoms with Gasteiger partial charge in [0.2, 0.25) is 6.79 Å². The van der Waals surface area contributed by atoms with Gasteiger partial charge in [-0.3, -0.25) is 4.99 Å². The van der Waals surface area contributed by atoms with Crippen LogP contribution in [0.15, 0.2) is 40.7 Å². The van der Waals surface area contributed by atoms with Crippen molar-refractivity contribution in [2.24, 2.45) is 4.99 Å². The van der Waals surface area contributed by atoms with Crippen LogP contribution in [0.1, 0.15) is 23.3 Å². The Morgan fingerprint density at radius 3 is 2.84 bits per heavy atom. The van der Waals surface area contributed by atoms with E-state index in [0.717, 1.165) is 37.0 Å². The minimum atomic E-state index is 0. The molecule has 2 aromatic rings. The van der Waals surface area contributed by atoms with Gasteiger partial charge in [0.1, 0.15) is 0 Å². The maximum Gasteiger partial charge on any atom is 0.231 e. The van der Waals surface area contributed by atoms with Gasteiger partial charge in [0.15, 0.2) is 17.5 Å². The van der Waals surface area contributed by atoms with Gasteiger partial charge in [-0.05, 0) is 35.6 Å². The molecule has 1 aromatic carbocycles. The van der Waals surface area contributed by atoms with Crippen LogP contribution in [0.25, 0.3) is 0 Å². The lowest BCUT2D eigenvalue weighted by molar-refractivity contribution is 0.174. The minimum absolute atomic E-state index is 0. The highest BCUT2D eigenvalue weighted by atomic mass is 127. The van der Waals surface area contributed by atoms with Crippen molar-refractivity contribution in [3.63, 3.8) is 0 Å². The number of hydrogen-bond acceptors (Lipinski definition) is 4. The van der Waals surface area contributed by atoms with Gasteiger partial charge in [-0.15, -0.1) is 35.3 Å². The van der Waals surface area contributed by atoms with Crippen molar-refractivity contribution >= 4 is 41.3 Å². The molecule has 0 amide bonds. The topological polar surface area (TPSA) is 54.9 Å². The van der Waals surface area contributed by atoms with E-state index in [1.54, 1.807) is 18.4 Å². The number of hydrogen-bond donors (Lipinski definition) is 2. The van der Waals surface area contributed by atoms with Crippen LogP contribution in [-0.4, -0.2) is 32.9 Å². The number of fused-ring (bicyclic) bond motifs is 1. The monoisotopic (exact) mass is 473 g/mol. The fourth-order valence-corrected chi connectivity index (χ4v) is 3.35. The summed E-state index contributed by atoms with van der Waals surface area (Å²) in [6.45, 7) is 4.21. The third-order valence-corrected chi connectivity index (χ3v) is 5.08. The van der Waals surface area contributed by atoms with Crippen LogP contribution in [-0.2, 0) is 6.42 Å². The molecule has 0 saturated heterocycles. The zero-order valence-electron chi connectivity index (χ0n) is 14.5. The van der Waals surface area contributed by atoms with E-state index in [4.69, 9.17) is 9.47 Å². The summed E-state index contributed by atoms with van der Waals surface area (Å²) in [5.74, 6) is 2.96. The first kappa shape index (κ1) is 19.8. The number of benzene rings is 1. The molecule has 1 unspecified atom stereocenters. The van der Waals surface area contributed by atoms with Crippen LogP contribution >= 0.6 is 35.3 Å². The third-order valence-electron chi connectivity index (χ3n) is 3.97. The number of halogens is 1. The minimum Gasteiger partial charge on any atom is -0.454 e. The average Bonchev–Trinajstić information content (AvgIpc) is 3.28. The Hall–Kier alpha value is -1.48. The molecule has 0 bridgehead atoms. The summed E-state index contributed by atoms with van der Waals surface area (Å²) < 4.78 is 10.7. The molecule has 1 aromatic heterocycles. The summed E-state index contributed by atoms with van der Waals surface area (Å²) in [5, 5.41) is 8.86. The van der Waals surface area contributed by atoms with E-state index in [9.17, 15) is 0 Å². The van der Waals surface area contributed by atoms with E-state index in [1.165, 1.54) is 10.4 Å². The summed E-state index contributed by atoms with van der Waals surface area (Å²) in [5.41, 5.74) is 1.22. The molecule has 7 heteroatoms. The average molecular weight is 473 g/mol. The number of nitrogens with zero attached hydrogens (tertiary/aromatic N) is 1. The van der Waals surface area contributed by atoms with Crippen molar-refractivity contribution in [3.8, 4) is 11.5 Å². The fraction of sp³-hybridized carbons (Fsp3) is 0.389. The van der Waals surface area contributed by atoms with Gasteiger partial charge in [0, 0.05) is 30.9 Å². The first-order valence-electron chi connectivity index (χ1n) is 8.12. The van der Waals surface area contributed by atoms with Crippen LogP contribution < -0.4 is 20.1 Å². The van der Waals surface area contributed by atoms with E-state index >= 15 is 0 Å². The molecule has 3 rings (SSSR count). The number of thiophene rings is 1. The highest BCUT2D eigenvalue weighted by Crippen LogP contribution is 2.32. The predicted molar refractivity (Wildman–Crippen MR) is 114 cm³/mol. The normalized spacial score (nSPS) is 13.9. The molecule has 0 fully saturated rings. The Morgan fingerprint density at radius 1 is 1.24 bits per heavy atom. The zero-order chi connectivity index (χ0) is 16.8. The molecule has 0 radical (unpaired) electrons. The second kappa shape index (κ2) is 9.86. The standard InChI is InChI=1S/C18H23N3O2S.HI/c1-13(17-4-3-9-24-17)11-21-18(19-2)20-8-7-14-5-6-15-16(10-14)23-12-22-15;/h3-6,9-10,13H,7-8,11-12H2,1-2H3,(H2,19,20,21);1H. The van der Waals surface area contributed by atoms with Crippen LogP contribution in [0.3, 0.4) is 0 Å². The molecule has 0 saturated carbocycles. The smallest absolute Gasteiger partial charge is 0.231 e. The third kappa shape index (κ3) is 5.50. The van der Waals surface area contributed by atoms with Crippen molar-refractivity contribution in [3.05, 3.63) is 46.2 Å². The highest BCUT2D eigenvalue weighted by Gasteiger charge is 2.13. The molecule has 1 atom stereocenters. The fourth-order valence-electron chi connectivity index (χ4n) is 2.56. The predicted octanol–water partition coefficient (Wildman–Crippen LogP) is 3.61. The van der Waals surface area contributed by atoms with Gasteiger partial charge >= 0.3 is 0 Å². The summed E-state index contributed by atoms with van der Waals surface area (Å²) in [7, 11) is 1.80. The number of aliphatic imine (C=N–C) groups is 1. The zero-order valence-corrected chi connectivity index (χ0v) is 17.6. The molecule has 2 N–H and O–H groups in total. The summed E-state index contributed by atoms with van der Waals surface area (Å²) in [4.78, 5) is 5.67. The number of guanidine groups is 1. The lowest BCUT2D eigenvalue weighted by Gasteiger charge is -2.15. The van der Waals surface area contributed by atoms with Gasteiger partial charge in [-0.25, -0.2) is 0 Å². The first-order valence-corrected chi connectivity index (χ1v) is 9.00. The van der Waals surface area contributed by atoms with E-state index in [2.05, 4.69) is 46.1 Å². The molecule has 1 aliphatic heterocycles. The first-order chi connectivity index (χ1) is 11.8. The van der Waals surface area contributed by atoms with Crippen molar-refractivity contribution < 1.29 is 9.47 Å². The van der Waals surface area contributed by atoms with Crippen molar-refractivity contribution in [1.29, 1.82) is 0 Å². The second-order valence-corrected chi connectivity index (χ2v) is 6.71. The summed E-state index contributed by atoms with van der Waals surface area (Å²) in [6.07, 6.45) is 0.901. The Labute approximate surface area is 169 Å². The largest absolute Gasteiger partial charge is 0.454 e. The molecule has 0 aliphatic carbocycles. The lowest BCUT2D eigenvalue weighted by Crippen LogP contribution is -2.39. The summed E-state index contributed by atoms with van der Waals surface area (Å²) >= 11 is 1.79.